The predicted molar refractivity (Wildman–Crippen MR) is 143 cm³/mol. The van der Waals surface area contributed by atoms with E-state index < -0.39 is 0 Å². The molecule has 37 heavy (non-hydrogen) atoms. The first-order valence-electron chi connectivity index (χ1n) is 12.7. The monoisotopic (exact) mass is 508 g/mol. The number of carbonyl (C=O) groups is 1. The van der Waals surface area contributed by atoms with Gasteiger partial charge >= 0.3 is 0 Å². The number of ether oxygens (including phenoxy) is 2. The van der Waals surface area contributed by atoms with Crippen molar-refractivity contribution >= 4 is 22.5 Å². The largest absolute Gasteiger partial charge is 0.483 e. The number of likely N-dealkylation sites (N-methyl/N-ethyl adjacent to an activating group) is 1. The summed E-state index contributed by atoms with van der Waals surface area (Å²) in [5.74, 6) is 0.458. The Bertz CT molecular complexity index is 1150. The second kappa shape index (κ2) is 13.3. The second-order valence-electron chi connectivity index (χ2n) is 9.20. The van der Waals surface area contributed by atoms with Gasteiger partial charge in [0.2, 0.25) is 0 Å². The third-order valence-electron chi connectivity index (χ3n) is 6.60. The van der Waals surface area contributed by atoms with Crippen molar-refractivity contribution in [1.82, 2.24) is 14.8 Å². The highest BCUT2D eigenvalue weighted by atomic mass is 16.5. The topological polar surface area (TPSA) is 107 Å². The number of β-amino-alcohol motifs (C(OH)–C–C–N with tert-alkyl or cyclic N) is 1. The average Bonchev–Trinajstić information content (AvgIpc) is 3.35. The number of rotatable bonds is 13. The molecule has 0 bridgehead atoms. The summed E-state index contributed by atoms with van der Waals surface area (Å²) in [6.45, 7) is 3.33. The van der Waals surface area contributed by atoms with Crippen molar-refractivity contribution in [3.63, 3.8) is 0 Å². The lowest BCUT2D eigenvalue weighted by Crippen LogP contribution is -2.40. The molecule has 1 amide bonds. The van der Waals surface area contributed by atoms with E-state index in [1.807, 2.05) is 54.6 Å². The Morgan fingerprint density at radius 3 is 2.78 bits per heavy atom. The van der Waals surface area contributed by atoms with E-state index in [0.717, 1.165) is 35.1 Å². The summed E-state index contributed by atoms with van der Waals surface area (Å²) < 4.78 is 11.3. The van der Waals surface area contributed by atoms with Gasteiger partial charge in [0.25, 0.3) is 5.91 Å². The molecule has 1 fully saturated rings. The average molecular weight is 509 g/mol. The summed E-state index contributed by atoms with van der Waals surface area (Å²) in [6, 6.07) is 17.3. The van der Waals surface area contributed by atoms with Crippen LogP contribution in [-0.2, 0) is 9.53 Å². The fourth-order valence-corrected chi connectivity index (χ4v) is 4.60. The summed E-state index contributed by atoms with van der Waals surface area (Å²) in [5, 5.41) is 22.9. The van der Waals surface area contributed by atoms with Crippen LogP contribution in [0.5, 0.6) is 5.75 Å². The van der Waals surface area contributed by atoms with Gasteiger partial charge in [0.1, 0.15) is 5.75 Å². The molecule has 1 aliphatic heterocycles. The van der Waals surface area contributed by atoms with Gasteiger partial charge in [-0.3, -0.25) is 14.7 Å². The molecule has 198 valence electrons. The van der Waals surface area contributed by atoms with Gasteiger partial charge in [0.05, 0.1) is 43.2 Å². The van der Waals surface area contributed by atoms with E-state index in [9.17, 15) is 9.90 Å². The maximum absolute atomic E-state index is 13.3. The highest BCUT2D eigenvalue weighted by Crippen LogP contribution is 2.30. The number of benzene rings is 2. The number of hydrogen-bond acceptors (Lipinski definition) is 8. The minimum atomic E-state index is -0.312. The maximum Gasteiger partial charge on any atom is 0.260 e. The Kier molecular flexibility index (Phi) is 9.67. The third-order valence-corrected chi connectivity index (χ3v) is 6.60. The van der Waals surface area contributed by atoms with E-state index in [-0.39, 0.29) is 31.3 Å². The number of fused-ring (bicyclic) bond motifs is 1. The first-order chi connectivity index (χ1) is 18.1. The number of carbonyl (C=O) groups excluding carboxylic acids is 1. The van der Waals surface area contributed by atoms with E-state index in [1.54, 1.807) is 18.1 Å². The van der Waals surface area contributed by atoms with Crippen LogP contribution in [0.1, 0.15) is 18.0 Å². The van der Waals surface area contributed by atoms with Crippen molar-refractivity contribution in [1.29, 1.82) is 0 Å². The zero-order valence-electron chi connectivity index (χ0n) is 21.3. The fraction of sp³-hybridized carbons (Fsp3) is 0.429. The first kappa shape index (κ1) is 26.8. The molecule has 4 rings (SSSR count). The summed E-state index contributed by atoms with van der Waals surface area (Å²) in [6.07, 6.45) is 2.16. The molecule has 0 radical (unpaired) electrons. The van der Waals surface area contributed by atoms with Gasteiger partial charge < -0.3 is 29.9 Å². The lowest BCUT2D eigenvalue weighted by atomic mass is 10.0. The van der Waals surface area contributed by atoms with Crippen LogP contribution in [0, 0.1) is 0 Å². The molecule has 0 spiro atoms. The molecule has 1 unspecified atom stereocenters. The molecule has 0 saturated carbocycles. The molecule has 9 heteroatoms. The van der Waals surface area contributed by atoms with Crippen molar-refractivity contribution in [2.24, 2.45) is 0 Å². The number of pyridine rings is 1. The summed E-state index contributed by atoms with van der Waals surface area (Å²) in [4.78, 5) is 21.7. The number of aliphatic hydroxyl groups is 2. The van der Waals surface area contributed by atoms with E-state index >= 15 is 0 Å². The molecular formula is C28H36N4O5. The molecule has 0 aliphatic carbocycles. The Morgan fingerprint density at radius 2 is 2.03 bits per heavy atom. The van der Waals surface area contributed by atoms with E-state index in [0.29, 0.717) is 38.6 Å². The zero-order chi connectivity index (χ0) is 26.0. The van der Waals surface area contributed by atoms with E-state index in [4.69, 9.17) is 14.6 Å². The molecule has 3 N–H and O–H groups in total. The Morgan fingerprint density at radius 1 is 1.19 bits per heavy atom. The van der Waals surface area contributed by atoms with Gasteiger partial charge in [-0.15, -0.1) is 0 Å². The lowest BCUT2D eigenvalue weighted by molar-refractivity contribution is -0.134. The number of nitrogens with zero attached hydrogens (tertiary/aromatic N) is 3. The van der Waals surface area contributed by atoms with Crippen molar-refractivity contribution in [2.75, 3.05) is 65.0 Å². The number of hydrogen-bond donors (Lipinski definition) is 3. The Hall–Kier alpha value is -3.24. The Labute approximate surface area is 217 Å². The van der Waals surface area contributed by atoms with Crippen LogP contribution in [-0.4, -0.2) is 96.7 Å². The van der Waals surface area contributed by atoms with Crippen LogP contribution >= 0.6 is 0 Å². The highest BCUT2D eigenvalue weighted by molar-refractivity contribution is 5.95. The van der Waals surface area contributed by atoms with Gasteiger partial charge in [0, 0.05) is 44.8 Å². The fourth-order valence-electron chi connectivity index (χ4n) is 4.60. The quantitative estimate of drug-likeness (QED) is 0.302. The highest BCUT2D eigenvalue weighted by Gasteiger charge is 2.28. The summed E-state index contributed by atoms with van der Waals surface area (Å²) in [5.41, 5.74) is 2.64. The molecule has 2 aromatic carbocycles. The van der Waals surface area contributed by atoms with Crippen LogP contribution in [0.15, 0.2) is 60.8 Å². The van der Waals surface area contributed by atoms with Crippen LogP contribution in [0.4, 0.5) is 5.69 Å². The third kappa shape index (κ3) is 7.17. The summed E-state index contributed by atoms with van der Waals surface area (Å²) >= 11 is 0. The molecule has 2 heterocycles. The van der Waals surface area contributed by atoms with Gasteiger partial charge in [-0.05, 0) is 36.2 Å². The molecule has 1 aliphatic rings. The van der Waals surface area contributed by atoms with Gasteiger partial charge in [-0.1, -0.05) is 30.3 Å². The normalized spacial score (nSPS) is 16.6. The first-order valence-corrected chi connectivity index (χ1v) is 12.7. The second-order valence-corrected chi connectivity index (χ2v) is 9.20. The Balaban J connectivity index is 1.43. The number of amides is 1. The minimum Gasteiger partial charge on any atom is -0.483 e. The maximum atomic E-state index is 13.3. The van der Waals surface area contributed by atoms with Gasteiger partial charge in [-0.25, -0.2) is 0 Å². The minimum absolute atomic E-state index is 0.00208. The number of aromatic nitrogens is 1. The predicted octanol–water partition coefficient (Wildman–Crippen LogP) is 2.30. The van der Waals surface area contributed by atoms with E-state index in [2.05, 4.69) is 15.2 Å². The van der Waals surface area contributed by atoms with Gasteiger partial charge in [0.15, 0.2) is 6.61 Å². The number of likely N-dealkylation sites (tertiary alicyclic amines) is 1. The number of aliphatic hydroxyl groups excluding tert-OH is 2. The lowest BCUT2D eigenvalue weighted by Gasteiger charge is -2.32. The zero-order valence-corrected chi connectivity index (χ0v) is 21.3. The van der Waals surface area contributed by atoms with Crippen LogP contribution in [0.2, 0.25) is 0 Å². The van der Waals surface area contributed by atoms with Crippen molar-refractivity contribution in [3.05, 3.63) is 66.4 Å². The van der Waals surface area contributed by atoms with E-state index in [1.165, 1.54) is 0 Å². The number of nitrogens with one attached hydrogen (secondary N) is 1. The SMILES string of the molecule is CN(C(=O)COc1ccc(NCCOCCO)c2ncccc12)C(CN1CC[C@H](O)C1)c1ccccc1. The van der Waals surface area contributed by atoms with Crippen molar-refractivity contribution < 1.29 is 24.5 Å². The van der Waals surface area contributed by atoms with Crippen LogP contribution in [0.3, 0.4) is 0 Å². The molecule has 1 saturated heterocycles. The van der Waals surface area contributed by atoms with Crippen LogP contribution < -0.4 is 10.1 Å². The molecular weight excluding hydrogens is 472 g/mol. The van der Waals surface area contributed by atoms with Crippen molar-refractivity contribution in [2.45, 2.75) is 18.6 Å². The summed E-state index contributed by atoms with van der Waals surface area (Å²) in [7, 11) is 1.81. The van der Waals surface area contributed by atoms with Crippen molar-refractivity contribution in [3.8, 4) is 5.75 Å². The molecule has 2 atom stereocenters. The number of anilines is 1. The van der Waals surface area contributed by atoms with Crippen LogP contribution in [0.25, 0.3) is 10.9 Å². The molecule has 3 aromatic rings. The smallest absolute Gasteiger partial charge is 0.260 e. The van der Waals surface area contributed by atoms with Gasteiger partial charge in [-0.2, -0.15) is 0 Å². The molecule has 9 nitrogen and oxygen atoms in total. The standard InChI is InChI=1S/C28H36N4O5/c1-31(25(21-6-3-2-4-7-21)19-32-14-11-22(34)18-32)27(35)20-37-26-10-9-24(29-13-16-36-17-15-33)28-23(26)8-5-12-30-28/h2-10,12,22,25,29,33-34H,11,13-20H2,1H3/t22-,25?/m0/s1. The molecule has 1 aromatic heterocycles.